The van der Waals surface area contributed by atoms with Crippen LogP contribution in [-0.2, 0) is 19.1 Å². The second-order valence-electron chi connectivity index (χ2n) is 10.5. The Labute approximate surface area is 183 Å². The van der Waals surface area contributed by atoms with Gasteiger partial charge in [-0.15, -0.1) is 0 Å². The van der Waals surface area contributed by atoms with Crippen LogP contribution in [-0.4, -0.2) is 58.5 Å². The molecule has 2 N–H and O–H groups in total. The molecule has 2 saturated heterocycles. The minimum Gasteiger partial charge on any atom is -0.359 e. The van der Waals surface area contributed by atoms with E-state index in [0.717, 1.165) is 64.2 Å². The number of fused-ring (bicyclic) bond motifs is 1. The maximum atomic E-state index is 13.8. The average Bonchev–Trinajstić information content (AvgIpc) is 3.14. The monoisotopic (exact) mass is 427 g/mol. The first-order chi connectivity index (χ1) is 15.1. The van der Waals surface area contributed by atoms with Crippen molar-refractivity contribution in [2.45, 2.75) is 107 Å². The highest BCUT2D eigenvalue weighted by molar-refractivity contribution is 6.00. The third-order valence-electron chi connectivity index (χ3n) is 8.46. The van der Waals surface area contributed by atoms with Gasteiger partial charge in [0.2, 0.25) is 17.7 Å². The fourth-order valence-corrected chi connectivity index (χ4v) is 6.83. The largest absolute Gasteiger partial charge is 0.359 e. The van der Waals surface area contributed by atoms with Gasteiger partial charge in [-0.25, -0.2) is 0 Å². The molecule has 3 amide bonds. The second-order valence-corrected chi connectivity index (χ2v) is 10.5. The molecule has 0 unspecified atom stereocenters. The lowest BCUT2D eigenvalue weighted by Gasteiger charge is -2.36. The molecule has 6 rings (SSSR count). The van der Waals surface area contributed by atoms with Crippen molar-refractivity contribution < 1.29 is 19.1 Å². The molecule has 0 radical (unpaired) electrons. The first-order valence-corrected chi connectivity index (χ1v) is 12.4. The number of nitrogens with zero attached hydrogens (tertiary/aromatic N) is 1. The molecule has 3 aliphatic heterocycles. The minimum absolute atomic E-state index is 0.0570. The SMILES string of the molecule is O=C(NC1CC1)[C@H]1[C@H]2C=C[C@]3(O2)[C@H]1C(=O)N(C1CCCC1)[C@@H]3C(=O)NC1CCCCC1. The van der Waals surface area contributed by atoms with Gasteiger partial charge < -0.3 is 20.3 Å². The van der Waals surface area contributed by atoms with Crippen LogP contribution in [0.15, 0.2) is 12.2 Å². The molecule has 31 heavy (non-hydrogen) atoms. The van der Waals surface area contributed by atoms with E-state index in [-0.39, 0.29) is 35.8 Å². The number of hydrogen-bond donors (Lipinski definition) is 2. The van der Waals surface area contributed by atoms with Crippen molar-refractivity contribution in [3.05, 3.63) is 12.2 Å². The van der Waals surface area contributed by atoms with Crippen molar-refractivity contribution >= 4 is 17.7 Å². The van der Waals surface area contributed by atoms with Crippen LogP contribution in [0, 0.1) is 11.8 Å². The fourth-order valence-electron chi connectivity index (χ4n) is 6.83. The van der Waals surface area contributed by atoms with Crippen LogP contribution in [0.25, 0.3) is 0 Å². The topological polar surface area (TPSA) is 87.7 Å². The molecule has 0 aromatic rings. The number of amides is 3. The van der Waals surface area contributed by atoms with Gasteiger partial charge in [-0.05, 0) is 38.5 Å². The summed E-state index contributed by atoms with van der Waals surface area (Å²) in [6.07, 6.45) is 14.9. The normalized spacial score (nSPS) is 39.9. The maximum absolute atomic E-state index is 13.8. The molecule has 7 heteroatoms. The Hall–Kier alpha value is -1.89. The summed E-state index contributed by atoms with van der Waals surface area (Å²) in [4.78, 5) is 42.5. The van der Waals surface area contributed by atoms with E-state index in [1.165, 1.54) is 6.42 Å². The van der Waals surface area contributed by atoms with Gasteiger partial charge in [-0.2, -0.15) is 0 Å². The van der Waals surface area contributed by atoms with E-state index >= 15 is 0 Å². The summed E-state index contributed by atoms with van der Waals surface area (Å²) in [5.74, 6) is -1.36. The molecule has 3 aliphatic carbocycles. The highest BCUT2D eigenvalue weighted by atomic mass is 16.5. The van der Waals surface area contributed by atoms with E-state index < -0.39 is 29.6 Å². The van der Waals surface area contributed by atoms with Crippen molar-refractivity contribution in [3.63, 3.8) is 0 Å². The van der Waals surface area contributed by atoms with Crippen LogP contribution >= 0.6 is 0 Å². The third-order valence-corrected chi connectivity index (χ3v) is 8.46. The number of carbonyl (C=O) groups is 3. The predicted molar refractivity (Wildman–Crippen MR) is 113 cm³/mol. The Balaban J connectivity index is 1.33. The van der Waals surface area contributed by atoms with E-state index in [9.17, 15) is 14.4 Å². The Morgan fingerprint density at radius 1 is 0.903 bits per heavy atom. The van der Waals surface area contributed by atoms with Crippen LogP contribution in [0.5, 0.6) is 0 Å². The molecule has 1 spiro atoms. The summed E-state index contributed by atoms with van der Waals surface area (Å²) in [6.45, 7) is 0. The summed E-state index contributed by atoms with van der Waals surface area (Å²) in [5.41, 5.74) is -1.01. The quantitative estimate of drug-likeness (QED) is 0.655. The predicted octanol–water partition coefficient (Wildman–Crippen LogP) is 1.81. The zero-order chi connectivity index (χ0) is 21.2. The summed E-state index contributed by atoms with van der Waals surface area (Å²) in [7, 11) is 0. The molecule has 5 fully saturated rings. The van der Waals surface area contributed by atoms with E-state index in [4.69, 9.17) is 4.74 Å². The summed E-state index contributed by atoms with van der Waals surface area (Å²) in [5, 5.41) is 6.34. The van der Waals surface area contributed by atoms with Gasteiger partial charge in [0.1, 0.15) is 11.6 Å². The van der Waals surface area contributed by atoms with Crippen LogP contribution in [0.1, 0.15) is 70.6 Å². The zero-order valence-electron chi connectivity index (χ0n) is 18.1. The van der Waals surface area contributed by atoms with Crippen molar-refractivity contribution in [2.75, 3.05) is 0 Å². The second kappa shape index (κ2) is 7.32. The molecule has 0 aromatic heterocycles. The molecule has 7 nitrogen and oxygen atoms in total. The smallest absolute Gasteiger partial charge is 0.246 e. The third kappa shape index (κ3) is 3.06. The van der Waals surface area contributed by atoms with Crippen LogP contribution in [0.4, 0.5) is 0 Å². The summed E-state index contributed by atoms with van der Waals surface area (Å²) in [6, 6.07) is -0.194. The Bertz CT molecular complexity index is 812. The minimum atomic E-state index is -1.01. The van der Waals surface area contributed by atoms with E-state index in [1.807, 2.05) is 17.1 Å². The lowest BCUT2D eigenvalue weighted by molar-refractivity contribution is -0.144. The van der Waals surface area contributed by atoms with Gasteiger partial charge in [-0.1, -0.05) is 44.3 Å². The zero-order valence-corrected chi connectivity index (χ0v) is 18.1. The Kier molecular flexibility index (Phi) is 4.67. The maximum Gasteiger partial charge on any atom is 0.246 e. The number of likely N-dealkylation sites (tertiary alicyclic amines) is 1. The van der Waals surface area contributed by atoms with Gasteiger partial charge in [-0.3, -0.25) is 14.4 Å². The molecule has 3 heterocycles. The van der Waals surface area contributed by atoms with Crippen molar-refractivity contribution in [1.29, 1.82) is 0 Å². The fraction of sp³-hybridized carbons (Fsp3) is 0.792. The summed E-state index contributed by atoms with van der Waals surface area (Å²) < 4.78 is 6.41. The van der Waals surface area contributed by atoms with E-state index in [2.05, 4.69) is 10.6 Å². The van der Waals surface area contributed by atoms with E-state index in [0.29, 0.717) is 0 Å². The highest BCUT2D eigenvalue weighted by Crippen LogP contribution is 2.56. The molecule has 3 saturated carbocycles. The van der Waals surface area contributed by atoms with E-state index in [1.54, 1.807) is 0 Å². The number of ether oxygens (including phenoxy) is 1. The Morgan fingerprint density at radius 3 is 2.26 bits per heavy atom. The lowest BCUT2D eigenvalue weighted by Crippen LogP contribution is -2.58. The number of carbonyl (C=O) groups excluding carboxylic acids is 3. The molecule has 168 valence electrons. The standard InChI is InChI=1S/C24H33N3O4/c28-21(25-15-10-11-15)18-17-12-13-24(31-17)19(18)23(30)27(16-8-4-5-9-16)20(24)22(29)26-14-6-2-1-3-7-14/h12-20H,1-11H2,(H,25,28)(H,26,29)/t17-,18+,19-,20-,24+/m1/s1. The molecule has 6 aliphatic rings. The van der Waals surface area contributed by atoms with Crippen LogP contribution in [0.2, 0.25) is 0 Å². The highest BCUT2D eigenvalue weighted by Gasteiger charge is 2.73. The van der Waals surface area contributed by atoms with Gasteiger partial charge in [0.15, 0.2) is 0 Å². The molecule has 2 bridgehead atoms. The average molecular weight is 428 g/mol. The number of rotatable bonds is 5. The molecular weight excluding hydrogens is 394 g/mol. The van der Waals surface area contributed by atoms with Gasteiger partial charge >= 0.3 is 0 Å². The van der Waals surface area contributed by atoms with Gasteiger partial charge in [0, 0.05) is 18.1 Å². The number of nitrogens with one attached hydrogen (secondary N) is 2. The molecular formula is C24H33N3O4. The summed E-state index contributed by atoms with van der Waals surface area (Å²) >= 11 is 0. The van der Waals surface area contributed by atoms with Gasteiger partial charge in [0.25, 0.3) is 0 Å². The number of hydrogen-bond acceptors (Lipinski definition) is 4. The van der Waals surface area contributed by atoms with Gasteiger partial charge in [0.05, 0.1) is 17.9 Å². The Morgan fingerprint density at radius 2 is 1.55 bits per heavy atom. The van der Waals surface area contributed by atoms with Crippen molar-refractivity contribution in [1.82, 2.24) is 15.5 Å². The van der Waals surface area contributed by atoms with Crippen LogP contribution in [0.3, 0.4) is 0 Å². The van der Waals surface area contributed by atoms with Crippen molar-refractivity contribution in [2.24, 2.45) is 11.8 Å². The first kappa shape index (κ1) is 19.8. The molecule has 0 aromatic carbocycles. The van der Waals surface area contributed by atoms with Crippen LogP contribution < -0.4 is 10.6 Å². The lowest BCUT2D eigenvalue weighted by atomic mass is 9.74. The first-order valence-electron chi connectivity index (χ1n) is 12.4. The molecule has 5 atom stereocenters. The van der Waals surface area contributed by atoms with Crippen molar-refractivity contribution in [3.8, 4) is 0 Å².